The molecule has 1 heterocycles. The molecule has 3 rings (SSSR count). The zero-order chi connectivity index (χ0) is 19.8. The third-order valence-corrected chi connectivity index (χ3v) is 5.46. The third-order valence-electron chi connectivity index (χ3n) is 5.46. The lowest BCUT2D eigenvalue weighted by Crippen LogP contribution is -2.48. The largest absolute Gasteiger partial charge is 0.343 e. The zero-order valence-corrected chi connectivity index (χ0v) is 17.3. The Labute approximate surface area is 164 Å². The van der Waals surface area contributed by atoms with Crippen LogP contribution in [0, 0.1) is 11.2 Å². The molecule has 1 saturated heterocycles. The summed E-state index contributed by atoms with van der Waals surface area (Å²) in [5, 5.41) is 7.78. The van der Waals surface area contributed by atoms with Crippen LogP contribution in [0.3, 0.4) is 0 Å². The molecule has 0 unspecified atom stereocenters. The molecular weight excluding hydrogens is 337 g/mol. The van der Waals surface area contributed by atoms with Crippen molar-refractivity contribution in [3.8, 4) is 0 Å². The van der Waals surface area contributed by atoms with E-state index < -0.39 is 0 Å². The second-order valence-corrected chi connectivity index (χ2v) is 7.89. The molecule has 0 aromatic heterocycles. The van der Waals surface area contributed by atoms with Crippen LogP contribution in [0.2, 0.25) is 0 Å². The Morgan fingerprint density at radius 3 is 2.11 bits per heavy atom. The Morgan fingerprint density at radius 1 is 1.11 bits per heavy atom. The molecule has 1 aromatic rings. The Bertz CT molecular complexity index is 593. The van der Waals surface area contributed by atoms with Gasteiger partial charge in [0.25, 0.3) is 0 Å². The number of hydrogen-bond acceptors (Lipinski definition) is 3. The number of nitrogens with one attached hydrogen (secondary N) is 1. The van der Waals surface area contributed by atoms with E-state index in [2.05, 4.69) is 30.2 Å². The number of benzene rings is 1. The van der Waals surface area contributed by atoms with Crippen LogP contribution in [-0.2, 0) is 0 Å². The van der Waals surface area contributed by atoms with Crippen LogP contribution in [0.4, 0.5) is 10.1 Å². The molecule has 1 aliphatic heterocycles. The molecule has 27 heavy (non-hydrogen) atoms. The number of hydrogen-bond donors (Lipinski definition) is 1. The number of halogens is 1. The Hall–Kier alpha value is -1.68. The maximum atomic E-state index is 13.2. The van der Waals surface area contributed by atoms with Gasteiger partial charge in [-0.3, -0.25) is 0 Å². The second-order valence-electron chi connectivity index (χ2n) is 7.89. The average Bonchev–Trinajstić information content (AvgIpc) is 2.65. The molecule has 2 aliphatic rings. The second kappa shape index (κ2) is 10.6. The van der Waals surface area contributed by atoms with E-state index >= 15 is 0 Å². The van der Waals surface area contributed by atoms with Crippen LogP contribution in [0.15, 0.2) is 36.5 Å². The van der Waals surface area contributed by atoms with Gasteiger partial charge in [0.2, 0.25) is 0 Å². The van der Waals surface area contributed by atoms with Crippen molar-refractivity contribution in [3.05, 3.63) is 42.4 Å². The van der Waals surface area contributed by atoms with E-state index in [1.54, 1.807) is 0 Å². The molecule has 1 aliphatic carbocycles. The first-order valence-electron chi connectivity index (χ1n) is 10.5. The SMILES string of the molecule is C=C(C)N(c1ccc(F)cc1)C1CCN(C2CCC(=N)CC2)CC1.CCC. The fourth-order valence-electron chi connectivity index (χ4n) is 4.17. The van der Waals surface area contributed by atoms with Crippen LogP contribution >= 0.6 is 0 Å². The van der Waals surface area contributed by atoms with Crippen molar-refractivity contribution in [1.82, 2.24) is 4.90 Å². The van der Waals surface area contributed by atoms with Crippen LogP contribution in [-0.4, -0.2) is 35.8 Å². The van der Waals surface area contributed by atoms with Crippen LogP contribution in [0.1, 0.15) is 65.7 Å². The average molecular weight is 374 g/mol. The number of likely N-dealkylation sites (tertiary alicyclic amines) is 1. The van der Waals surface area contributed by atoms with Crippen molar-refractivity contribution in [2.75, 3.05) is 18.0 Å². The molecule has 150 valence electrons. The minimum atomic E-state index is -0.196. The Kier molecular flexibility index (Phi) is 8.49. The van der Waals surface area contributed by atoms with Gasteiger partial charge < -0.3 is 15.2 Å². The highest BCUT2D eigenvalue weighted by molar-refractivity contribution is 5.82. The van der Waals surface area contributed by atoms with Crippen molar-refractivity contribution in [2.45, 2.75) is 77.8 Å². The third kappa shape index (κ3) is 6.17. The minimum absolute atomic E-state index is 0.196. The molecule has 0 amide bonds. The standard InChI is InChI=1S/C20H28FN3.C3H8/c1-15(2)24(19-7-3-16(21)4-8-19)20-11-13-23(14-12-20)18-9-5-17(22)6-10-18;1-3-2/h3-4,7-8,18,20,22H,1,5-6,9-14H2,2H3;3H2,1-2H3. The van der Waals surface area contributed by atoms with Gasteiger partial charge >= 0.3 is 0 Å². The fourth-order valence-corrected chi connectivity index (χ4v) is 4.17. The molecule has 0 atom stereocenters. The molecule has 1 N–H and O–H groups in total. The molecule has 0 bridgehead atoms. The quantitative estimate of drug-likeness (QED) is 0.700. The normalized spacial score (nSPS) is 21.3. The summed E-state index contributed by atoms with van der Waals surface area (Å²) in [6, 6.07) is 7.84. The van der Waals surface area contributed by atoms with Gasteiger partial charge in [-0.15, -0.1) is 0 Å². The molecule has 1 aromatic carbocycles. The van der Waals surface area contributed by atoms with Crippen molar-refractivity contribution in [1.29, 1.82) is 5.41 Å². The van der Waals surface area contributed by atoms with Gasteiger partial charge in [-0.25, -0.2) is 4.39 Å². The summed E-state index contributed by atoms with van der Waals surface area (Å²) in [5.74, 6) is -0.196. The van der Waals surface area contributed by atoms with Crippen LogP contribution < -0.4 is 4.90 Å². The maximum Gasteiger partial charge on any atom is 0.123 e. The first-order chi connectivity index (χ1) is 13.0. The lowest BCUT2D eigenvalue weighted by Gasteiger charge is -2.43. The van der Waals surface area contributed by atoms with Crippen LogP contribution in [0.25, 0.3) is 0 Å². The zero-order valence-electron chi connectivity index (χ0n) is 17.3. The number of anilines is 1. The number of nitrogens with zero attached hydrogens (tertiary/aromatic N) is 2. The van der Waals surface area contributed by atoms with Crippen molar-refractivity contribution >= 4 is 11.4 Å². The van der Waals surface area contributed by atoms with Crippen molar-refractivity contribution in [2.24, 2.45) is 0 Å². The predicted octanol–water partition coefficient (Wildman–Crippen LogP) is 6.01. The fraction of sp³-hybridized carbons (Fsp3) is 0.609. The van der Waals surface area contributed by atoms with Gasteiger partial charge in [-0.2, -0.15) is 0 Å². The molecular formula is C23H36FN3. The summed E-state index contributed by atoms with van der Waals surface area (Å²) in [7, 11) is 0. The summed E-state index contributed by atoms with van der Waals surface area (Å²) in [5.41, 5.74) is 2.98. The lowest BCUT2D eigenvalue weighted by molar-refractivity contribution is 0.136. The summed E-state index contributed by atoms with van der Waals surface area (Å²) in [6.07, 6.45) is 7.70. The molecule has 2 fully saturated rings. The minimum Gasteiger partial charge on any atom is -0.343 e. The predicted molar refractivity (Wildman–Crippen MR) is 114 cm³/mol. The maximum absolute atomic E-state index is 13.2. The van der Waals surface area contributed by atoms with Crippen molar-refractivity contribution < 1.29 is 4.39 Å². The van der Waals surface area contributed by atoms with Gasteiger partial charge in [0.1, 0.15) is 5.82 Å². The Balaban J connectivity index is 0.000000817. The van der Waals surface area contributed by atoms with Gasteiger partial charge in [0.15, 0.2) is 0 Å². The molecule has 4 heteroatoms. The smallest absolute Gasteiger partial charge is 0.123 e. The highest BCUT2D eigenvalue weighted by atomic mass is 19.1. The number of piperidine rings is 1. The van der Waals surface area contributed by atoms with Gasteiger partial charge in [0, 0.05) is 42.3 Å². The van der Waals surface area contributed by atoms with E-state index in [-0.39, 0.29) is 5.82 Å². The summed E-state index contributed by atoms with van der Waals surface area (Å²) < 4.78 is 13.2. The first-order valence-corrected chi connectivity index (χ1v) is 10.5. The van der Waals surface area contributed by atoms with Gasteiger partial charge in [0.05, 0.1) is 0 Å². The van der Waals surface area contributed by atoms with Gasteiger partial charge in [-0.1, -0.05) is 26.8 Å². The van der Waals surface area contributed by atoms with E-state index in [0.717, 1.165) is 68.7 Å². The van der Waals surface area contributed by atoms with Gasteiger partial charge in [-0.05, 0) is 69.7 Å². The highest BCUT2D eigenvalue weighted by Crippen LogP contribution is 2.30. The molecule has 3 nitrogen and oxygen atoms in total. The van der Waals surface area contributed by atoms with E-state index in [9.17, 15) is 4.39 Å². The molecule has 0 spiro atoms. The summed E-state index contributed by atoms with van der Waals surface area (Å²) in [4.78, 5) is 4.89. The number of rotatable bonds is 4. The first kappa shape index (κ1) is 21.6. The molecule has 0 radical (unpaired) electrons. The Morgan fingerprint density at radius 2 is 1.63 bits per heavy atom. The van der Waals surface area contributed by atoms with E-state index in [4.69, 9.17) is 5.41 Å². The van der Waals surface area contributed by atoms with E-state index in [0.29, 0.717) is 12.1 Å². The monoisotopic (exact) mass is 373 g/mol. The lowest BCUT2D eigenvalue weighted by atomic mass is 9.90. The van der Waals surface area contributed by atoms with E-state index in [1.165, 1.54) is 18.6 Å². The highest BCUT2D eigenvalue weighted by Gasteiger charge is 2.30. The summed E-state index contributed by atoms with van der Waals surface area (Å²) in [6.45, 7) is 12.6. The topological polar surface area (TPSA) is 30.3 Å². The molecule has 1 saturated carbocycles. The summed E-state index contributed by atoms with van der Waals surface area (Å²) >= 11 is 0. The number of allylic oxidation sites excluding steroid dienone is 1. The van der Waals surface area contributed by atoms with E-state index in [1.807, 2.05) is 19.1 Å². The van der Waals surface area contributed by atoms with Crippen LogP contribution in [0.5, 0.6) is 0 Å². The van der Waals surface area contributed by atoms with Crippen molar-refractivity contribution in [3.63, 3.8) is 0 Å².